The van der Waals surface area contributed by atoms with Crippen molar-refractivity contribution in [1.29, 1.82) is 0 Å². The summed E-state index contributed by atoms with van der Waals surface area (Å²) >= 11 is 1.36. The summed E-state index contributed by atoms with van der Waals surface area (Å²) < 4.78 is 5.48. The van der Waals surface area contributed by atoms with Crippen molar-refractivity contribution in [3.05, 3.63) is 59.6 Å². The minimum absolute atomic E-state index is 0.0516. The Balaban J connectivity index is 1.54. The first-order chi connectivity index (χ1) is 11.7. The second-order valence-electron chi connectivity index (χ2n) is 5.09. The van der Waals surface area contributed by atoms with Crippen LogP contribution in [-0.4, -0.2) is 22.5 Å². The topological polar surface area (TPSA) is 64.1 Å². The standard InChI is InChI=1S/C18H17N3O2S/c1-2-13-6-8-14(9-7-13)23-11-17(22)21-18-20-16(12-24-18)15-5-3-4-10-19-15/h3-10,12H,2,11H2,1H3,(H,20,21,22). The largest absolute Gasteiger partial charge is 0.484 e. The van der Waals surface area contributed by atoms with Gasteiger partial charge in [-0.1, -0.05) is 25.1 Å². The Hall–Kier alpha value is -2.73. The van der Waals surface area contributed by atoms with Crippen LogP contribution in [-0.2, 0) is 11.2 Å². The number of pyridine rings is 1. The lowest BCUT2D eigenvalue weighted by molar-refractivity contribution is -0.118. The lowest BCUT2D eigenvalue weighted by Crippen LogP contribution is -2.20. The molecule has 0 spiro atoms. The lowest BCUT2D eigenvalue weighted by Gasteiger charge is -2.06. The van der Waals surface area contributed by atoms with Crippen LogP contribution in [0.4, 0.5) is 5.13 Å². The molecule has 0 aliphatic heterocycles. The summed E-state index contributed by atoms with van der Waals surface area (Å²) in [6, 6.07) is 13.4. The van der Waals surface area contributed by atoms with Gasteiger partial charge in [0.25, 0.3) is 5.91 Å². The molecule has 0 radical (unpaired) electrons. The zero-order chi connectivity index (χ0) is 16.8. The third-order valence-corrected chi connectivity index (χ3v) is 4.14. The molecule has 1 aromatic carbocycles. The number of anilines is 1. The first-order valence-corrected chi connectivity index (χ1v) is 8.51. The molecule has 0 unspecified atom stereocenters. The van der Waals surface area contributed by atoms with Crippen molar-refractivity contribution in [2.75, 3.05) is 11.9 Å². The summed E-state index contributed by atoms with van der Waals surface area (Å²) in [6.07, 6.45) is 2.69. The van der Waals surface area contributed by atoms with E-state index in [0.717, 1.165) is 17.8 Å². The number of nitrogens with zero attached hydrogens (tertiary/aromatic N) is 2. The number of benzene rings is 1. The van der Waals surface area contributed by atoms with Crippen LogP contribution >= 0.6 is 11.3 Å². The van der Waals surface area contributed by atoms with E-state index in [0.29, 0.717) is 10.9 Å². The summed E-state index contributed by atoms with van der Waals surface area (Å²) in [5.41, 5.74) is 2.75. The highest BCUT2D eigenvalue weighted by Gasteiger charge is 2.09. The van der Waals surface area contributed by atoms with Gasteiger partial charge < -0.3 is 4.74 Å². The van der Waals surface area contributed by atoms with Gasteiger partial charge in [-0.15, -0.1) is 11.3 Å². The second kappa shape index (κ2) is 7.70. The number of aryl methyl sites for hydroxylation is 1. The van der Waals surface area contributed by atoms with E-state index in [-0.39, 0.29) is 12.5 Å². The number of rotatable bonds is 6. The van der Waals surface area contributed by atoms with E-state index in [1.54, 1.807) is 6.20 Å². The first-order valence-electron chi connectivity index (χ1n) is 7.63. The molecule has 2 aromatic heterocycles. The van der Waals surface area contributed by atoms with Crippen LogP contribution in [0.5, 0.6) is 5.75 Å². The Bertz CT molecular complexity index is 801. The maximum absolute atomic E-state index is 12.0. The number of nitrogens with one attached hydrogen (secondary N) is 1. The van der Waals surface area contributed by atoms with E-state index in [9.17, 15) is 4.79 Å². The van der Waals surface area contributed by atoms with Crippen molar-refractivity contribution in [3.63, 3.8) is 0 Å². The van der Waals surface area contributed by atoms with E-state index in [2.05, 4.69) is 22.2 Å². The molecular formula is C18H17N3O2S. The normalized spacial score (nSPS) is 10.4. The van der Waals surface area contributed by atoms with Crippen molar-refractivity contribution < 1.29 is 9.53 Å². The Kier molecular flexibility index (Phi) is 5.18. The molecule has 0 fully saturated rings. The predicted molar refractivity (Wildman–Crippen MR) is 95.3 cm³/mol. The van der Waals surface area contributed by atoms with Gasteiger partial charge in [0, 0.05) is 11.6 Å². The fourth-order valence-electron chi connectivity index (χ4n) is 2.09. The molecule has 0 aliphatic rings. The van der Waals surface area contributed by atoms with Crippen LogP contribution in [0, 0.1) is 0 Å². The maximum atomic E-state index is 12.0. The molecule has 2 heterocycles. The molecule has 0 bridgehead atoms. The van der Waals surface area contributed by atoms with Gasteiger partial charge in [0.15, 0.2) is 11.7 Å². The van der Waals surface area contributed by atoms with Crippen molar-refractivity contribution >= 4 is 22.4 Å². The van der Waals surface area contributed by atoms with Gasteiger partial charge in [-0.2, -0.15) is 0 Å². The highest BCUT2D eigenvalue weighted by Crippen LogP contribution is 2.23. The molecule has 5 nitrogen and oxygen atoms in total. The summed E-state index contributed by atoms with van der Waals surface area (Å²) in [4.78, 5) is 20.6. The number of carbonyl (C=O) groups excluding carboxylic acids is 1. The van der Waals surface area contributed by atoms with E-state index in [4.69, 9.17) is 4.74 Å². The molecular weight excluding hydrogens is 322 g/mol. The Morgan fingerprint density at radius 2 is 2.00 bits per heavy atom. The molecule has 1 N–H and O–H groups in total. The van der Waals surface area contributed by atoms with Crippen molar-refractivity contribution in [1.82, 2.24) is 9.97 Å². The second-order valence-corrected chi connectivity index (χ2v) is 5.95. The zero-order valence-electron chi connectivity index (χ0n) is 13.2. The Morgan fingerprint density at radius 3 is 2.71 bits per heavy atom. The van der Waals surface area contributed by atoms with E-state index in [1.807, 2.05) is 47.8 Å². The molecule has 0 aliphatic carbocycles. The third-order valence-electron chi connectivity index (χ3n) is 3.38. The fraction of sp³-hybridized carbons (Fsp3) is 0.167. The maximum Gasteiger partial charge on any atom is 0.264 e. The van der Waals surface area contributed by atoms with E-state index >= 15 is 0 Å². The average Bonchev–Trinajstić information content (AvgIpc) is 3.09. The summed E-state index contributed by atoms with van der Waals surface area (Å²) in [5.74, 6) is 0.437. The highest BCUT2D eigenvalue weighted by atomic mass is 32.1. The van der Waals surface area contributed by atoms with E-state index in [1.165, 1.54) is 16.9 Å². The van der Waals surface area contributed by atoms with Crippen molar-refractivity contribution in [2.45, 2.75) is 13.3 Å². The zero-order valence-corrected chi connectivity index (χ0v) is 14.0. The van der Waals surface area contributed by atoms with Crippen LogP contribution in [0.3, 0.4) is 0 Å². The summed E-state index contributed by atoms with van der Waals surface area (Å²) in [7, 11) is 0. The smallest absolute Gasteiger partial charge is 0.264 e. The van der Waals surface area contributed by atoms with Crippen LogP contribution in [0.2, 0.25) is 0 Å². The van der Waals surface area contributed by atoms with Gasteiger partial charge in [0.05, 0.1) is 5.69 Å². The third kappa shape index (κ3) is 4.17. The van der Waals surface area contributed by atoms with Gasteiger partial charge in [0.2, 0.25) is 0 Å². The molecule has 0 saturated carbocycles. The predicted octanol–water partition coefficient (Wildman–Crippen LogP) is 3.79. The Morgan fingerprint density at radius 1 is 1.17 bits per heavy atom. The molecule has 6 heteroatoms. The number of aromatic nitrogens is 2. The molecule has 3 aromatic rings. The number of thiazole rings is 1. The monoisotopic (exact) mass is 339 g/mol. The SMILES string of the molecule is CCc1ccc(OCC(=O)Nc2nc(-c3ccccn3)cs2)cc1. The Labute approximate surface area is 144 Å². The van der Waals surface area contributed by atoms with Crippen LogP contribution < -0.4 is 10.1 Å². The fourth-order valence-corrected chi connectivity index (χ4v) is 2.81. The highest BCUT2D eigenvalue weighted by molar-refractivity contribution is 7.14. The molecule has 122 valence electrons. The minimum Gasteiger partial charge on any atom is -0.484 e. The van der Waals surface area contributed by atoms with Crippen molar-refractivity contribution in [2.24, 2.45) is 0 Å². The molecule has 0 atom stereocenters. The molecule has 1 amide bonds. The number of ether oxygens (including phenoxy) is 1. The summed E-state index contributed by atoms with van der Waals surface area (Å²) in [5, 5.41) is 5.14. The van der Waals surface area contributed by atoms with Gasteiger partial charge in [0.1, 0.15) is 11.4 Å². The van der Waals surface area contributed by atoms with Crippen LogP contribution in [0.25, 0.3) is 11.4 Å². The lowest BCUT2D eigenvalue weighted by atomic mass is 10.2. The quantitative estimate of drug-likeness (QED) is 0.742. The molecule has 24 heavy (non-hydrogen) atoms. The van der Waals surface area contributed by atoms with Crippen LogP contribution in [0.15, 0.2) is 54.0 Å². The minimum atomic E-state index is -0.239. The van der Waals surface area contributed by atoms with Gasteiger partial charge in [-0.3, -0.25) is 15.1 Å². The van der Waals surface area contributed by atoms with Gasteiger partial charge in [-0.25, -0.2) is 4.98 Å². The average molecular weight is 339 g/mol. The number of hydrogen-bond donors (Lipinski definition) is 1. The van der Waals surface area contributed by atoms with Gasteiger partial charge >= 0.3 is 0 Å². The number of amides is 1. The van der Waals surface area contributed by atoms with Crippen LogP contribution in [0.1, 0.15) is 12.5 Å². The molecule has 3 rings (SSSR count). The van der Waals surface area contributed by atoms with Crippen molar-refractivity contribution in [3.8, 4) is 17.1 Å². The number of carbonyl (C=O) groups is 1. The van der Waals surface area contributed by atoms with Gasteiger partial charge in [-0.05, 0) is 36.2 Å². The molecule has 0 saturated heterocycles. The summed E-state index contributed by atoms with van der Waals surface area (Å²) in [6.45, 7) is 2.04. The first kappa shape index (κ1) is 16.1. The number of hydrogen-bond acceptors (Lipinski definition) is 5. The van der Waals surface area contributed by atoms with E-state index < -0.39 is 0 Å².